The summed E-state index contributed by atoms with van der Waals surface area (Å²) in [6.45, 7) is 3.27. The van der Waals surface area contributed by atoms with Gasteiger partial charge in [-0.15, -0.1) is 0 Å². The molecule has 2 atom stereocenters. The first-order valence-corrected chi connectivity index (χ1v) is 7.37. The van der Waals surface area contributed by atoms with Crippen LogP contribution in [-0.4, -0.2) is 18.7 Å². The van der Waals surface area contributed by atoms with Crippen LogP contribution in [0.4, 0.5) is 0 Å². The van der Waals surface area contributed by atoms with E-state index in [9.17, 15) is 0 Å². The van der Waals surface area contributed by atoms with Crippen molar-refractivity contribution in [2.24, 2.45) is 0 Å². The van der Waals surface area contributed by atoms with E-state index in [4.69, 9.17) is 4.74 Å². The Kier molecular flexibility index (Phi) is 4.03. The summed E-state index contributed by atoms with van der Waals surface area (Å²) in [6.07, 6.45) is 2.51. The average molecular weight is 267 g/mol. The van der Waals surface area contributed by atoms with E-state index in [0.717, 1.165) is 25.1 Å². The van der Waals surface area contributed by atoms with Gasteiger partial charge in [-0.25, -0.2) is 0 Å². The summed E-state index contributed by atoms with van der Waals surface area (Å²) < 4.78 is 6.08. The van der Waals surface area contributed by atoms with Crippen molar-refractivity contribution < 1.29 is 4.74 Å². The third kappa shape index (κ3) is 3.20. The van der Waals surface area contributed by atoms with Gasteiger partial charge in [-0.3, -0.25) is 0 Å². The van der Waals surface area contributed by atoms with Crippen LogP contribution in [0.2, 0.25) is 0 Å². The lowest BCUT2D eigenvalue weighted by Crippen LogP contribution is -2.40. The van der Waals surface area contributed by atoms with Gasteiger partial charge in [0, 0.05) is 6.04 Å². The van der Waals surface area contributed by atoms with Gasteiger partial charge in [0.05, 0.1) is 0 Å². The van der Waals surface area contributed by atoms with Crippen molar-refractivity contribution in [3.8, 4) is 16.9 Å². The minimum atomic E-state index is 0.342. The van der Waals surface area contributed by atoms with Crippen LogP contribution in [0, 0.1) is 0 Å². The van der Waals surface area contributed by atoms with Crippen LogP contribution in [0.1, 0.15) is 19.8 Å². The fraction of sp³-hybridized carbons (Fsp3) is 0.333. The van der Waals surface area contributed by atoms with E-state index in [1.807, 2.05) is 6.07 Å². The van der Waals surface area contributed by atoms with Crippen LogP contribution in [0.5, 0.6) is 5.75 Å². The van der Waals surface area contributed by atoms with Crippen LogP contribution in [0.3, 0.4) is 0 Å². The SMILES string of the molecule is CC1CC(Oc2ccc(-c3ccccc3)cc2)CCN1. The van der Waals surface area contributed by atoms with Crippen molar-refractivity contribution >= 4 is 0 Å². The van der Waals surface area contributed by atoms with E-state index in [0.29, 0.717) is 12.1 Å². The molecule has 2 nitrogen and oxygen atoms in total. The molecule has 2 aromatic carbocycles. The quantitative estimate of drug-likeness (QED) is 0.911. The molecule has 1 N–H and O–H groups in total. The molecule has 1 saturated heterocycles. The molecule has 0 bridgehead atoms. The second kappa shape index (κ2) is 6.10. The van der Waals surface area contributed by atoms with E-state index < -0.39 is 0 Å². The normalized spacial score (nSPS) is 22.4. The predicted octanol–water partition coefficient (Wildman–Crippen LogP) is 3.87. The molecule has 0 amide bonds. The molecule has 1 fully saturated rings. The van der Waals surface area contributed by atoms with Gasteiger partial charge < -0.3 is 10.1 Å². The summed E-state index contributed by atoms with van der Waals surface area (Å²) in [5.74, 6) is 0.976. The van der Waals surface area contributed by atoms with Crippen molar-refractivity contribution in [1.29, 1.82) is 0 Å². The summed E-state index contributed by atoms with van der Waals surface area (Å²) in [7, 11) is 0. The smallest absolute Gasteiger partial charge is 0.119 e. The largest absolute Gasteiger partial charge is 0.490 e. The van der Waals surface area contributed by atoms with Gasteiger partial charge in [0.25, 0.3) is 0 Å². The molecule has 2 aromatic rings. The number of hydrogen-bond acceptors (Lipinski definition) is 2. The lowest BCUT2D eigenvalue weighted by molar-refractivity contribution is 0.144. The second-order valence-electron chi connectivity index (χ2n) is 5.51. The van der Waals surface area contributed by atoms with Crippen LogP contribution in [0.25, 0.3) is 11.1 Å². The molecule has 0 radical (unpaired) electrons. The zero-order valence-corrected chi connectivity index (χ0v) is 11.9. The van der Waals surface area contributed by atoms with E-state index in [1.54, 1.807) is 0 Å². The zero-order valence-electron chi connectivity index (χ0n) is 11.9. The van der Waals surface area contributed by atoms with Crippen molar-refractivity contribution in [3.05, 3.63) is 54.6 Å². The molecule has 0 aliphatic carbocycles. The molecule has 3 rings (SSSR count). The molecule has 1 aliphatic heterocycles. The molecular formula is C18H21NO. The Morgan fingerprint density at radius 3 is 2.35 bits per heavy atom. The summed E-state index contributed by atoms with van der Waals surface area (Å²) in [5.41, 5.74) is 2.48. The Bertz CT molecular complexity index is 535. The highest BCUT2D eigenvalue weighted by atomic mass is 16.5. The minimum absolute atomic E-state index is 0.342. The summed E-state index contributed by atoms with van der Waals surface area (Å²) in [5, 5.41) is 3.45. The Labute approximate surface area is 120 Å². The molecule has 20 heavy (non-hydrogen) atoms. The number of nitrogens with one attached hydrogen (secondary N) is 1. The van der Waals surface area contributed by atoms with E-state index in [2.05, 4.69) is 60.8 Å². The van der Waals surface area contributed by atoms with E-state index in [-0.39, 0.29) is 0 Å². The highest BCUT2D eigenvalue weighted by Gasteiger charge is 2.19. The number of ether oxygens (including phenoxy) is 1. The van der Waals surface area contributed by atoms with Gasteiger partial charge in [-0.05, 0) is 49.6 Å². The molecular weight excluding hydrogens is 246 g/mol. The molecule has 2 unspecified atom stereocenters. The number of hydrogen-bond donors (Lipinski definition) is 1. The first-order chi connectivity index (χ1) is 9.81. The van der Waals surface area contributed by atoms with Crippen LogP contribution in [-0.2, 0) is 0 Å². The lowest BCUT2D eigenvalue weighted by Gasteiger charge is -2.28. The first-order valence-electron chi connectivity index (χ1n) is 7.37. The Hall–Kier alpha value is -1.80. The van der Waals surface area contributed by atoms with Crippen molar-refractivity contribution in [2.45, 2.75) is 31.9 Å². The van der Waals surface area contributed by atoms with Gasteiger partial charge in [0.15, 0.2) is 0 Å². The van der Waals surface area contributed by atoms with Gasteiger partial charge in [-0.1, -0.05) is 42.5 Å². The van der Waals surface area contributed by atoms with Crippen LogP contribution < -0.4 is 10.1 Å². The predicted molar refractivity (Wildman–Crippen MR) is 83.0 cm³/mol. The van der Waals surface area contributed by atoms with Crippen molar-refractivity contribution in [2.75, 3.05) is 6.54 Å². The van der Waals surface area contributed by atoms with Crippen molar-refractivity contribution in [3.63, 3.8) is 0 Å². The highest BCUT2D eigenvalue weighted by molar-refractivity contribution is 5.63. The Morgan fingerprint density at radius 2 is 1.65 bits per heavy atom. The monoisotopic (exact) mass is 267 g/mol. The first kappa shape index (κ1) is 13.2. The number of benzene rings is 2. The third-order valence-corrected chi connectivity index (χ3v) is 3.84. The molecule has 0 spiro atoms. The van der Waals surface area contributed by atoms with Gasteiger partial charge in [-0.2, -0.15) is 0 Å². The summed E-state index contributed by atoms with van der Waals surface area (Å²) in [6, 6.07) is 19.4. The zero-order chi connectivity index (χ0) is 13.8. The molecule has 1 heterocycles. The molecule has 2 heteroatoms. The standard InChI is InChI=1S/C18H21NO/c1-14-13-18(11-12-19-14)20-17-9-7-16(8-10-17)15-5-3-2-4-6-15/h2-10,14,18-19H,11-13H2,1H3. The maximum atomic E-state index is 6.08. The Balaban J connectivity index is 1.67. The summed E-state index contributed by atoms with van der Waals surface area (Å²) in [4.78, 5) is 0. The maximum Gasteiger partial charge on any atom is 0.119 e. The fourth-order valence-electron chi connectivity index (χ4n) is 2.74. The minimum Gasteiger partial charge on any atom is -0.490 e. The van der Waals surface area contributed by atoms with Gasteiger partial charge >= 0.3 is 0 Å². The number of piperidine rings is 1. The molecule has 0 aromatic heterocycles. The van der Waals surface area contributed by atoms with Gasteiger partial charge in [0.1, 0.15) is 11.9 Å². The molecule has 104 valence electrons. The third-order valence-electron chi connectivity index (χ3n) is 3.84. The average Bonchev–Trinajstić information content (AvgIpc) is 2.49. The second-order valence-corrected chi connectivity index (χ2v) is 5.51. The highest BCUT2D eigenvalue weighted by Crippen LogP contribution is 2.24. The van der Waals surface area contributed by atoms with E-state index >= 15 is 0 Å². The fourth-order valence-corrected chi connectivity index (χ4v) is 2.74. The van der Waals surface area contributed by atoms with Crippen molar-refractivity contribution in [1.82, 2.24) is 5.32 Å². The van der Waals surface area contributed by atoms with Crippen LogP contribution >= 0.6 is 0 Å². The topological polar surface area (TPSA) is 21.3 Å². The summed E-state index contributed by atoms with van der Waals surface area (Å²) >= 11 is 0. The lowest BCUT2D eigenvalue weighted by atomic mass is 10.0. The molecule has 1 aliphatic rings. The van der Waals surface area contributed by atoms with Crippen LogP contribution in [0.15, 0.2) is 54.6 Å². The molecule has 0 saturated carbocycles. The van der Waals surface area contributed by atoms with E-state index in [1.165, 1.54) is 11.1 Å². The number of rotatable bonds is 3. The van der Waals surface area contributed by atoms with Gasteiger partial charge in [0.2, 0.25) is 0 Å². The Morgan fingerprint density at radius 1 is 0.950 bits per heavy atom. The maximum absolute atomic E-state index is 6.08.